The molecule has 0 aliphatic heterocycles. The molecule has 3 aromatic carbocycles. The predicted molar refractivity (Wildman–Crippen MR) is 112 cm³/mol. The molecule has 28 heavy (non-hydrogen) atoms. The zero-order valence-corrected chi connectivity index (χ0v) is 15.1. The smallest absolute Gasteiger partial charge is 0.319 e. The number of urea groups is 1. The lowest BCUT2D eigenvalue weighted by Gasteiger charge is -2.10. The molecule has 4 aromatic rings. The molecule has 0 saturated heterocycles. The molecule has 0 radical (unpaired) electrons. The number of fused-ring (bicyclic) bond motifs is 1. The molecule has 4 N–H and O–H groups in total. The fraction of sp³-hybridized carbons (Fsp3) is 0.0455. The first-order chi connectivity index (χ1) is 13.7. The first-order valence-corrected chi connectivity index (χ1v) is 8.90. The zero-order chi connectivity index (χ0) is 19.3. The standard InChI is InChI=1S/C22H19N5O/c23-20-18-11-4-5-12-19(18)26-21(27-20)16-9-6-10-17(13-16)25-22(28)24-14-15-7-2-1-3-8-15/h1-13H,14H2,(H2,23,26,27)(H2,24,25,28). The summed E-state index contributed by atoms with van der Waals surface area (Å²) in [6.45, 7) is 0.455. The highest BCUT2D eigenvalue weighted by Crippen LogP contribution is 2.24. The van der Waals surface area contributed by atoms with Crippen molar-refractivity contribution in [1.29, 1.82) is 0 Å². The van der Waals surface area contributed by atoms with E-state index in [1.54, 1.807) is 0 Å². The Morgan fingerprint density at radius 3 is 2.54 bits per heavy atom. The molecular weight excluding hydrogens is 350 g/mol. The Labute approximate surface area is 162 Å². The lowest BCUT2D eigenvalue weighted by atomic mass is 10.1. The first-order valence-electron chi connectivity index (χ1n) is 8.90. The van der Waals surface area contributed by atoms with Gasteiger partial charge in [-0.05, 0) is 29.8 Å². The average Bonchev–Trinajstić information content (AvgIpc) is 2.73. The summed E-state index contributed by atoms with van der Waals surface area (Å²) in [5.74, 6) is 0.948. The van der Waals surface area contributed by atoms with Gasteiger partial charge in [-0.25, -0.2) is 14.8 Å². The number of hydrogen-bond acceptors (Lipinski definition) is 4. The Bertz CT molecular complexity index is 1130. The Morgan fingerprint density at radius 2 is 1.68 bits per heavy atom. The molecule has 0 fully saturated rings. The molecule has 1 heterocycles. The van der Waals surface area contributed by atoms with Crippen LogP contribution in [0, 0.1) is 0 Å². The number of benzene rings is 3. The minimum Gasteiger partial charge on any atom is -0.383 e. The molecule has 138 valence electrons. The van der Waals surface area contributed by atoms with Crippen LogP contribution in [0.1, 0.15) is 5.56 Å². The number of para-hydroxylation sites is 1. The molecule has 0 spiro atoms. The quantitative estimate of drug-likeness (QED) is 0.503. The summed E-state index contributed by atoms with van der Waals surface area (Å²) in [6.07, 6.45) is 0. The van der Waals surface area contributed by atoms with Gasteiger partial charge in [-0.1, -0.05) is 54.6 Å². The molecular formula is C22H19N5O. The number of carbonyl (C=O) groups is 1. The number of aromatic nitrogens is 2. The summed E-state index contributed by atoms with van der Waals surface area (Å²) in [4.78, 5) is 21.2. The van der Waals surface area contributed by atoms with Gasteiger partial charge < -0.3 is 16.4 Å². The monoisotopic (exact) mass is 369 g/mol. The summed E-state index contributed by atoms with van der Waals surface area (Å²) in [7, 11) is 0. The van der Waals surface area contributed by atoms with Crippen LogP contribution < -0.4 is 16.4 Å². The van der Waals surface area contributed by atoms with Crippen molar-refractivity contribution in [3.63, 3.8) is 0 Å². The van der Waals surface area contributed by atoms with Gasteiger partial charge in [0, 0.05) is 23.2 Å². The largest absolute Gasteiger partial charge is 0.383 e. The van der Waals surface area contributed by atoms with Gasteiger partial charge in [-0.3, -0.25) is 0 Å². The number of nitrogens with one attached hydrogen (secondary N) is 2. The topological polar surface area (TPSA) is 92.9 Å². The molecule has 0 saturated carbocycles. The maximum absolute atomic E-state index is 12.2. The van der Waals surface area contributed by atoms with Gasteiger partial charge in [0.15, 0.2) is 5.82 Å². The van der Waals surface area contributed by atoms with Gasteiger partial charge in [0.25, 0.3) is 0 Å². The molecule has 6 nitrogen and oxygen atoms in total. The number of nitrogens with two attached hydrogens (primary N) is 1. The van der Waals surface area contributed by atoms with Crippen molar-refractivity contribution in [3.05, 3.63) is 84.4 Å². The molecule has 0 aliphatic carbocycles. The Balaban J connectivity index is 1.51. The van der Waals surface area contributed by atoms with Crippen molar-refractivity contribution >= 4 is 28.4 Å². The fourth-order valence-corrected chi connectivity index (χ4v) is 2.92. The third-order valence-corrected chi connectivity index (χ3v) is 4.31. The van der Waals surface area contributed by atoms with Crippen molar-refractivity contribution in [1.82, 2.24) is 15.3 Å². The second-order valence-corrected chi connectivity index (χ2v) is 6.32. The SMILES string of the molecule is Nc1nc(-c2cccc(NC(=O)NCc3ccccc3)c2)nc2ccccc12. The summed E-state index contributed by atoms with van der Waals surface area (Å²) < 4.78 is 0. The number of amides is 2. The van der Waals surface area contributed by atoms with Crippen LogP contribution in [0.25, 0.3) is 22.3 Å². The van der Waals surface area contributed by atoms with Gasteiger partial charge in [-0.2, -0.15) is 0 Å². The minimum absolute atomic E-state index is 0.278. The van der Waals surface area contributed by atoms with Crippen LogP contribution in [-0.4, -0.2) is 16.0 Å². The van der Waals surface area contributed by atoms with E-state index < -0.39 is 0 Å². The van der Waals surface area contributed by atoms with Crippen molar-refractivity contribution in [2.45, 2.75) is 6.54 Å². The minimum atomic E-state index is -0.278. The summed E-state index contributed by atoms with van der Waals surface area (Å²) >= 11 is 0. The number of nitrogen functional groups attached to an aromatic ring is 1. The first kappa shape index (κ1) is 17.5. The third kappa shape index (κ3) is 3.91. The van der Waals surface area contributed by atoms with Crippen molar-refractivity contribution in [3.8, 4) is 11.4 Å². The van der Waals surface area contributed by atoms with Crippen LogP contribution >= 0.6 is 0 Å². The van der Waals surface area contributed by atoms with E-state index in [1.165, 1.54) is 0 Å². The maximum Gasteiger partial charge on any atom is 0.319 e. The van der Waals surface area contributed by atoms with Crippen molar-refractivity contribution < 1.29 is 4.79 Å². The van der Waals surface area contributed by atoms with Crippen molar-refractivity contribution in [2.75, 3.05) is 11.1 Å². The molecule has 0 atom stereocenters. The molecule has 2 amide bonds. The highest BCUT2D eigenvalue weighted by Gasteiger charge is 2.09. The van der Waals surface area contributed by atoms with E-state index in [0.717, 1.165) is 22.0 Å². The number of rotatable bonds is 4. The van der Waals surface area contributed by atoms with Crippen molar-refractivity contribution in [2.24, 2.45) is 0 Å². The van der Waals surface area contributed by atoms with Crippen LogP contribution in [0.2, 0.25) is 0 Å². The van der Waals surface area contributed by atoms with E-state index in [2.05, 4.69) is 20.6 Å². The van der Waals surface area contributed by atoms with Gasteiger partial charge in [-0.15, -0.1) is 0 Å². The second-order valence-electron chi connectivity index (χ2n) is 6.32. The zero-order valence-electron chi connectivity index (χ0n) is 15.1. The predicted octanol–water partition coefficient (Wildman–Crippen LogP) is 4.20. The van der Waals surface area contributed by atoms with E-state index in [0.29, 0.717) is 23.9 Å². The lowest BCUT2D eigenvalue weighted by Crippen LogP contribution is -2.28. The fourth-order valence-electron chi connectivity index (χ4n) is 2.92. The Kier molecular flexibility index (Phi) is 4.84. The summed E-state index contributed by atoms with van der Waals surface area (Å²) in [6, 6.07) is 24.4. The number of nitrogens with zero attached hydrogens (tertiary/aromatic N) is 2. The van der Waals surface area contributed by atoms with Gasteiger partial charge in [0.2, 0.25) is 0 Å². The van der Waals surface area contributed by atoms with Crippen LogP contribution in [0.5, 0.6) is 0 Å². The normalized spacial score (nSPS) is 10.6. The third-order valence-electron chi connectivity index (χ3n) is 4.31. The van der Waals surface area contributed by atoms with Crippen LogP contribution in [0.3, 0.4) is 0 Å². The maximum atomic E-state index is 12.2. The number of hydrogen-bond donors (Lipinski definition) is 3. The van der Waals surface area contributed by atoms with Gasteiger partial charge in [0.05, 0.1) is 5.52 Å². The average molecular weight is 369 g/mol. The van der Waals surface area contributed by atoms with E-state index in [9.17, 15) is 4.79 Å². The second kappa shape index (κ2) is 7.75. The molecule has 0 unspecified atom stereocenters. The highest BCUT2D eigenvalue weighted by molar-refractivity contribution is 5.91. The highest BCUT2D eigenvalue weighted by atomic mass is 16.2. The molecule has 0 aliphatic rings. The van der Waals surface area contributed by atoms with Crippen LogP contribution in [0.4, 0.5) is 16.3 Å². The summed E-state index contributed by atoms with van der Waals surface area (Å²) in [5, 5.41) is 6.50. The number of anilines is 2. The van der Waals surface area contributed by atoms with E-state index in [1.807, 2.05) is 78.9 Å². The summed E-state index contributed by atoms with van der Waals surface area (Å²) in [5.41, 5.74) is 9.32. The van der Waals surface area contributed by atoms with Gasteiger partial charge in [0.1, 0.15) is 5.82 Å². The Morgan fingerprint density at radius 1 is 0.893 bits per heavy atom. The van der Waals surface area contributed by atoms with E-state index >= 15 is 0 Å². The molecule has 0 bridgehead atoms. The molecule has 6 heteroatoms. The number of carbonyl (C=O) groups excluding carboxylic acids is 1. The van der Waals surface area contributed by atoms with Crippen LogP contribution in [0.15, 0.2) is 78.9 Å². The van der Waals surface area contributed by atoms with E-state index in [4.69, 9.17) is 5.73 Å². The Hall–Kier alpha value is -3.93. The van der Waals surface area contributed by atoms with E-state index in [-0.39, 0.29) is 6.03 Å². The molecule has 4 rings (SSSR count). The lowest BCUT2D eigenvalue weighted by molar-refractivity contribution is 0.251. The van der Waals surface area contributed by atoms with Gasteiger partial charge >= 0.3 is 6.03 Å². The van der Waals surface area contributed by atoms with Crippen LogP contribution in [-0.2, 0) is 6.54 Å². The molecule has 1 aromatic heterocycles.